The van der Waals surface area contributed by atoms with Crippen LogP contribution in [0.15, 0.2) is 42.7 Å². The number of ketones is 1. The van der Waals surface area contributed by atoms with E-state index in [1.54, 1.807) is 12.3 Å². The molecule has 2 heterocycles. The molecule has 0 spiro atoms. The number of amides is 1. The lowest BCUT2D eigenvalue weighted by Gasteiger charge is -2.05. The van der Waals surface area contributed by atoms with E-state index in [0.29, 0.717) is 17.1 Å². The molecule has 0 radical (unpaired) electrons. The molecule has 2 aromatic heterocycles. The van der Waals surface area contributed by atoms with Crippen LogP contribution in [0.4, 0.5) is 0 Å². The maximum Gasteiger partial charge on any atom is 0.220 e. The Morgan fingerprint density at radius 2 is 1.88 bits per heavy atom. The van der Waals surface area contributed by atoms with E-state index in [0.717, 1.165) is 22.5 Å². The summed E-state index contributed by atoms with van der Waals surface area (Å²) < 4.78 is 1.81. The maximum absolute atomic E-state index is 12.2. The van der Waals surface area contributed by atoms with Crippen molar-refractivity contribution >= 4 is 28.9 Å². The monoisotopic (exact) mass is 369 g/mol. The van der Waals surface area contributed by atoms with Gasteiger partial charge < -0.3 is 9.72 Å². The van der Waals surface area contributed by atoms with Gasteiger partial charge in [-0.2, -0.15) is 0 Å². The molecule has 0 aliphatic heterocycles. The van der Waals surface area contributed by atoms with E-state index in [1.165, 1.54) is 0 Å². The Kier molecular flexibility index (Phi) is 5.38. The summed E-state index contributed by atoms with van der Waals surface area (Å²) in [6.45, 7) is 4.29. The Bertz CT molecular complexity index is 978. The number of carbonyl (C=O) groups excluding carboxylic acids is 2. The van der Waals surface area contributed by atoms with Crippen LogP contribution in [0.1, 0.15) is 40.0 Å². The Balaban J connectivity index is 1.51. The van der Waals surface area contributed by atoms with Crippen molar-refractivity contribution in [2.24, 2.45) is 0 Å². The minimum absolute atomic E-state index is 0.0226. The molecule has 6 heteroatoms. The normalized spacial score (nSPS) is 10.9. The number of benzene rings is 1. The number of halogens is 1. The lowest BCUT2D eigenvalue weighted by molar-refractivity contribution is -0.121. The minimum atomic E-state index is -0.169. The van der Waals surface area contributed by atoms with E-state index in [4.69, 9.17) is 11.6 Å². The van der Waals surface area contributed by atoms with Crippen molar-refractivity contribution in [1.29, 1.82) is 0 Å². The summed E-state index contributed by atoms with van der Waals surface area (Å²) in [4.78, 5) is 28.7. The molecule has 0 aliphatic rings. The number of hydrogen-bond acceptors (Lipinski definition) is 3. The van der Waals surface area contributed by atoms with Crippen LogP contribution in [0.5, 0.6) is 0 Å². The molecule has 0 atom stereocenters. The number of carbonyl (C=O) groups is 2. The van der Waals surface area contributed by atoms with E-state index in [-0.39, 0.29) is 24.5 Å². The van der Waals surface area contributed by atoms with Crippen LogP contribution in [0.3, 0.4) is 0 Å². The summed E-state index contributed by atoms with van der Waals surface area (Å²) in [6, 6.07) is 9.20. The highest BCUT2D eigenvalue weighted by Gasteiger charge is 2.11. The molecule has 3 rings (SSSR count). The van der Waals surface area contributed by atoms with Crippen LogP contribution in [0, 0.1) is 13.8 Å². The van der Waals surface area contributed by atoms with Gasteiger partial charge in [0, 0.05) is 30.8 Å². The fraction of sp³-hybridized carbons (Fsp3) is 0.250. The first-order valence-electron chi connectivity index (χ1n) is 8.42. The number of imidazole rings is 1. The molecule has 1 aromatic carbocycles. The highest BCUT2D eigenvalue weighted by atomic mass is 35.5. The lowest BCUT2D eigenvalue weighted by atomic mass is 10.0. The van der Waals surface area contributed by atoms with Gasteiger partial charge in [0.1, 0.15) is 5.65 Å². The molecule has 134 valence electrons. The van der Waals surface area contributed by atoms with Crippen LogP contribution < -0.4 is 5.32 Å². The highest BCUT2D eigenvalue weighted by molar-refractivity contribution is 6.30. The van der Waals surface area contributed by atoms with Crippen molar-refractivity contribution in [3.05, 3.63) is 70.1 Å². The number of aryl methyl sites for hydroxylation is 2. The number of rotatable bonds is 6. The smallest absolute Gasteiger partial charge is 0.220 e. The summed E-state index contributed by atoms with van der Waals surface area (Å²) in [7, 11) is 0. The molecule has 0 unspecified atom stereocenters. The number of nitrogens with zero attached hydrogens (tertiary/aromatic N) is 2. The average Bonchev–Trinajstić information content (AvgIpc) is 3.02. The minimum Gasteiger partial charge on any atom is -0.350 e. The molecule has 0 saturated heterocycles. The Labute approximate surface area is 157 Å². The molecule has 0 bridgehead atoms. The van der Waals surface area contributed by atoms with Gasteiger partial charge >= 0.3 is 0 Å². The van der Waals surface area contributed by atoms with Crippen LogP contribution in [0.25, 0.3) is 5.65 Å². The van der Waals surface area contributed by atoms with Gasteiger partial charge in [-0.3, -0.25) is 9.59 Å². The Hall–Kier alpha value is -2.66. The number of fused-ring (bicyclic) bond motifs is 1. The fourth-order valence-electron chi connectivity index (χ4n) is 2.67. The molecular formula is C20H20ClN3O2. The molecule has 1 amide bonds. The number of Topliss-reactive ketones (excluding diaryl/α,β-unsaturated/α-hetero) is 1. The zero-order valence-electron chi connectivity index (χ0n) is 14.8. The van der Waals surface area contributed by atoms with E-state index < -0.39 is 0 Å². The summed E-state index contributed by atoms with van der Waals surface area (Å²) in [5, 5.41) is 3.42. The predicted molar refractivity (Wildman–Crippen MR) is 102 cm³/mol. The Morgan fingerprint density at radius 1 is 1.08 bits per heavy atom. The molecular weight excluding hydrogens is 350 g/mol. The van der Waals surface area contributed by atoms with Crippen molar-refractivity contribution in [3.63, 3.8) is 0 Å². The van der Waals surface area contributed by atoms with Crippen molar-refractivity contribution in [3.8, 4) is 0 Å². The largest absolute Gasteiger partial charge is 0.350 e. The van der Waals surface area contributed by atoms with Crippen molar-refractivity contribution < 1.29 is 9.59 Å². The van der Waals surface area contributed by atoms with Gasteiger partial charge in [-0.1, -0.05) is 23.7 Å². The lowest BCUT2D eigenvalue weighted by Crippen LogP contribution is -2.23. The highest BCUT2D eigenvalue weighted by Crippen LogP contribution is 2.13. The second-order valence-electron chi connectivity index (χ2n) is 6.34. The number of hydrogen-bond donors (Lipinski definition) is 1. The first-order valence-corrected chi connectivity index (χ1v) is 8.80. The second-order valence-corrected chi connectivity index (χ2v) is 6.78. The molecule has 26 heavy (non-hydrogen) atoms. The quantitative estimate of drug-likeness (QED) is 0.670. The van der Waals surface area contributed by atoms with Gasteiger partial charge in [0.2, 0.25) is 5.91 Å². The fourth-order valence-corrected chi connectivity index (χ4v) is 2.83. The number of nitrogens with one attached hydrogen (secondary N) is 1. The second kappa shape index (κ2) is 7.70. The zero-order valence-corrected chi connectivity index (χ0v) is 15.5. The van der Waals surface area contributed by atoms with E-state index in [9.17, 15) is 9.59 Å². The summed E-state index contributed by atoms with van der Waals surface area (Å²) >= 11 is 5.94. The van der Waals surface area contributed by atoms with Gasteiger partial charge in [0.15, 0.2) is 5.78 Å². The van der Waals surface area contributed by atoms with Crippen LogP contribution in [-0.4, -0.2) is 21.1 Å². The zero-order chi connectivity index (χ0) is 18.7. The third-order valence-corrected chi connectivity index (χ3v) is 4.56. The first kappa shape index (κ1) is 18.1. The third kappa shape index (κ3) is 4.29. The molecule has 1 N–H and O–H groups in total. The van der Waals surface area contributed by atoms with Gasteiger partial charge in [-0.15, -0.1) is 0 Å². The maximum atomic E-state index is 12.2. The molecule has 0 aliphatic carbocycles. The van der Waals surface area contributed by atoms with Crippen molar-refractivity contribution in [2.75, 3.05) is 0 Å². The third-order valence-electron chi connectivity index (χ3n) is 4.34. The predicted octanol–water partition coefficient (Wildman–Crippen LogP) is 3.88. The number of pyridine rings is 1. The average molecular weight is 370 g/mol. The standard InChI is InChI=1S/C20H20ClN3O2/c1-13-3-4-15(9-14(13)2)18(25)6-8-20(26)22-10-17-12-24-11-16(21)5-7-19(24)23-17/h3-5,7,9,11-12H,6,8,10H2,1-2H3,(H,22,26). The van der Waals surface area contributed by atoms with Crippen molar-refractivity contribution in [2.45, 2.75) is 33.2 Å². The van der Waals surface area contributed by atoms with Crippen LogP contribution >= 0.6 is 11.6 Å². The SMILES string of the molecule is Cc1ccc(C(=O)CCC(=O)NCc2cn3cc(Cl)ccc3n2)cc1C. The first-order chi connectivity index (χ1) is 12.4. The topological polar surface area (TPSA) is 63.5 Å². The van der Waals surface area contributed by atoms with Crippen LogP contribution in [0.2, 0.25) is 5.02 Å². The van der Waals surface area contributed by atoms with E-state index in [1.807, 2.05) is 48.7 Å². The Morgan fingerprint density at radius 3 is 2.65 bits per heavy atom. The van der Waals surface area contributed by atoms with Gasteiger partial charge in [-0.25, -0.2) is 4.98 Å². The van der Waals surface area contributed by atoms with Crippen LogP contribution in [-0.2, 0) is 11.3 Å². The molecule has 0 saturated carbocycles. The molecule has 0 fully saturated rings. The summed E-state index contributed by atoms with van der Waals surface area (Å²) in [6.07, 6.45) is 3.93. The van der Waals surface area contributed by atoms with Crippen molar-refractivity contribution in [1.82, 2.24) is 14.7 Å². The summed E-state index contributed by atoms with van der Waals surface area (Å²) in [5.41, 5.74) is 4.38. The van der Waals surface area contributed by atoms with Gasteiger partial charge in [0.05, 0.1) is 17.3 Å². The van der Waals surface area contributed by atoms with E-state index in [2.05, 4.69) is 10.3 Å². The van der Waals surface area contributed by atoms with Gasteiger partial charge in [0.25, 0.3) is 0 Å². The van der Waals surface area contributed by atoms with Gasteiger partial charge in [-0.05, 0) is 43.2 Å². The van der Waals surface area contributed by atoms with E-state index >= 15 is 0 Å². The molecule has 3 aromatic rings. The number of aromatic nitrogens is 2. The summed E-state index contributed by atoms with van der Waals surface area (Å²) in [5.74, 6) is -0.192. The molecule has 5 nitrogen and oxygen atoms in total.